The van der Waals surface area contributed by atoms with Crippen molar-refractivity contribution in [2.75, 3.05) is 13.6 Å². The van der Waals surface area contributed by atoms with Gasteiger partial charge >= 0.3 is 5.97 Å². The van der Waals surface area contributed by atoms with Crippen LogP contribution in [-0.4, -0.2) is 45.3 Å². The van der Waals surface area contributed by atoms with Gasteiger partial charge in [0.25, 0.3) is 5.91 Å². The van der Waals surface area contributed by atoms with Crippen molar-refractivity contribution < 1.29 is 14.7 Å². The van der Waals surface area contributed by atoms with Crippen LogP contribution >= 0.6 is 0 Å². The molecule has 0 unspecified atom stereocenters. The Morgan fingerprint density at radius 1 is 1.37 bits per heavy atom. The average Bonchev–Trinajstić information content (AvgIpc) is 2.61. The molecule has 0 saturated heterocycles. The zero-order valence-electron chi connectivity index (χ0n) is 11.9. The summed E-state index contributed by atoms with van der Waals surface area (Å²) in [6, 6.07) is 0. The molecule has 0 fully saturated rings. The Hall–Kier alpha value is -1.85. The van der Waals surface area contributed by atoms with Gasteiger partial charge in [0.1, 0.15) is 0 Å². The fourth-order valence-corrected chi connectivity index (χ4v) is 1.99. The molecule has 0 spiro atoms. The van der Waals surface area contributed by atoms with E-state index >= 15 is 0 Å². The largest absolute Gasteiger partial charge is 0.481 e. The second kappa shape index (κ2) is 6.36. The van der Waals surface area contributed by atoms with Crippen molar-refractivity contribution in [1.29, 1.82) is 0 Å². The normalized spacial score (nSPS) is 10.5. The van der Waals surface area contributed by atoms with Crippen molar-refractivity contribution in [1.82, 2.24) is 14.7 Å². The molecule has 0 radical (unpaired) electrons. The van der Waals surface area contributed by atoms with Gasteiger partial charge in [-0.05, 0) is 20.3 Å². The summed E-state index contributed by atoms with van der Waals surface area (Å²) in [4.78, 5) is 24.3. The molecule has 19 heavy (non-hydrogen) atoms. The van der Waals surface area contributed by atoms with Gasteiger partial charge in [-0.15, -0.1) is 0 Å². The van der Waals surface area contributed by atoms with Gasteiger partial charge in [0.2, 0.25) is 0 Å². The Labute approximate surface area is 113 Å². The van der Waals surface area contributed by atoms with Crippen LogP contribution in [0.3, 0.4) is 0 Å². The number of aryl methyl sites for hydroxylation is 2. The molecule has 6 nitrogen and oxygen atoms in total. The lowest BCUT2D eigenvalue weighted by Crippen LogP contribution is -2.29. The summed E-state index contributed by atoms with van der Waals surface area (Å²) in [6.45, 7) is 6.70. The van der Waals surface area contributed by atoms with Gasteiger partial charge in [-0.1, -0.05) is 6.92 Å². The highest BCUT2D eigenvalue weighted by molar-refractivity contribution is 5.96. The predicted octanol–water partition coefficient (Wildman–Crippen LogP) is 1.46. The highest BCUT2D eigenvalue weighted by Gasteiger charge is 2.21. The Kier molecular flexibility index (Phi) is 5.09. The third-order valence-electron chi connectivity index (χ3n) is 3.04. The number of carboxylic acids is 1. The van der Waals surface area contributed by atoms with E-state index in [9.17, 15) is 9.59 Å². The summed E-state index contributed by atoms with van der Waals surface area (Å²) in [5.74, 6) is -1.08. The Morgan fingerprint density at radius 2 is 2.00 bits per heavy atom. The zero-order valence-corrected chi connectivity index (χ0v) is 11.9. The molecular formula is C13H21N3O3. The average molecular weight is 267 g/mol. The van der Waals surface area contributed by atoms with Crippen molar-refractivity contribution in [3.05, 3.63) is 17.0 Å². The number of aromatic nitrogens is 2. The number of aliphatic carboxylic acids is 1. The van der Waals surface area contributed by atoms with Crippen LogP contribution in [0, 0.1) is 13.8 Å². The maximum absolute atomic E-state index is 12.3. The van der Waals surface area contributed by atoms with E-state index in [1.807, 2.05) is 11.6 Å². The Morgan fingerprint density at radius 3 is 2.53 bits per heavy atom. The molecule has 0 atom stereocenters. The molecule has 0 aliphatic heterocycles. The molecule has 0 bridgehead atoms. The Bertz CT molecular complexity index is 480. The van der Waals surface area contributed by atoms with Gasteiger partial charge in [0, 0.05) is 25.8 Å². The summed E-state index contributed by atoms with van der Waals surface area (Å²) in [5.41, 5.74) is 2.12. The minimum atomic E-state index is -0.908. The molecule has 1 amide bonds. The molecule has 106 valence electrons. The van der Waals surface area contributed by atoms with Crippen LogP contribution in [0.15, 0.2) is 0 Å². The summed E-state index contributed by atoms with van der Waals surface area (Å²) < 4.78 is 1.83. The number of nitrogens with zero attached hydrogens (tertiary/aromatic N) is 3. The van der Waals surface area contributed by atoms with E-state index in [-0.39, 0.29) is 18.9 Å². The molecule has 1 N–H and O–H groups in total. The quantitative estimate of drug-likeness (QED) is 0.846. The van der Waals surface area contributed by atoms with Crippen LogP contribution in [0.1, 0.15) is 41.5 Å². The molecular weight excluding hydrogens is 246 g/mol. The highest BCUT2D eigenvalue weighted by atomic mass is 16.4. The van der Waals surface area contributed by atoms with Crippen molar-refractivity contribution >= 4 is 11.9 Å². The van der Waals surface area contributed by atoms with Gasteiger partial charge < -0.3 is 10.0 Å². The first-order chi connectivity index (χ1) is 8.88. The number of carbonyl (C=O) groups is 2. The molecule has 1 heterocycles. The van der Waals surface area contributed by atoms with E-state index in [0.29, 0.717) is 11.3 Å². The van der Waals surface area contributed by atoms with Gasteiger partial charge in [0.05, 0.1) is 17.7 Å². The lowest BCUT2D eigenvalue weighted by Gasteiger charge is -2.16. The zero-order chi connectivity index (χ0) is 14.6. The van der Waals surface area contributed by atoms with Crippen molar-refractivity contribution in [2.24, 2.45) is 0 Å². The van der Waals surface area contributed by atoms with Crippen molar-refractivity contribution in [3.63, 3.8) is 0 Å². The number of hydrogen-bond donors (Lipinski definition) is 1. The lowest BCUT2D eigenvalue weighted by atomic mass is 10.1. The van der Waals surface area contributed by atoms with Crippen molar-refractivity contribution in [3.8, 4) is 0 Å². The monoisotopic (exact) mass is 267 g/mol. The third kappa shape index (κ3) is 3.56. The number of carbonyl (C=O) groups excluding carboxylic acids is 1. The minimum Gasteiger partial charge on any atom is -0.481 e. The first-order valence-electron chi connectivity index (χ1n) is 6.39. The molecule has 0 aliphatic carbocycles. The molecule has 0 saturated carbocycles. The molecule has 6 heteroatoms. The number of amides is 1. The van der Waals surface area contributed by atoms with Crippen LogP contribution in [0.2, 0.25) is 0 Å². The highest BCUT2D eigenvalue weighted by Crippen LogP contribution is 2.15. The van der Waals surface area contributed by atoms with Crippen LogP contribution < -0.4 is 0 Å². The standard InChI is InChI=1S/C13H21N3O3/c1-5-7-16-10(3)12(9(2)14-16)13(19)15(4)8-6-11(17)18/h5-8H2,1-4H3,(H,17,18). The first kappa shape index (κ1) is 15.2. The first-order valence-corrected chi connectivity index (χ1v) is 6.39. The molecule has 1 aromatic rings. The van der Waals surface area contributed by atoms with E-state index in [0.717, 1.165) is 18.7 Å². The van der Waals surface area contributed by atoms with Gasteiger partial charge in [-0.2, -0.15) is 5.10 Å². The summed E-state index contributed by atoms with van der Waals surface area (Å²) >= 11 is 0. The SMILES string of the molecule is CCCn1nc(C)c(C(=O)N(C)CCC(=O)O)c1C. The van der Waals surface area contributed by atoms with Crippen LogP contribution in [0.5, 0.6) is 0 Å². The number of hydrogen-bond acceptors (Lipinski definition) is 3. The summed E-state index contributed by atoms with van der Waals surface area (Å²) in [7, 11) is 1.61. The summed E-state index contributed by atoms with van der Waals surface area (Å²) in [5, 5.41) is 13.0. The second-order valence-corrected chi connectivity index (χ2v) is 4.64. The number of carboxylic acid groups (broad SMARTS) is 1. The van der Waals surface area contributed by atoms with Crippen molar-refractivity contribution in [2.45, 2.75) is 40.2 Å². The summed E-state index contributed by atoms with van der Waals surface area (Å²) in [6.07, 6.45) is 0.897. The Balaban J connectivity index is 2.90. The topological polar surface area (TPSA) is 75.4 Å². The van der Waals surface area contributed by atoms with E-state index in [2.05, 4.69) is 12.0 Å². The molecule has 0 aliphatic rings. The van der Waals surface area contributed by atoms with Crippen LogP contribution in [0.25, 0.3) is 0 Å². The fourth-order valence-electron chi connectivity index (χ4n) is 1.99. The number of rotatable bonds is 6. The van der Waals surface area contributed by atoms with Crippen LogP contribution in [-0.2, 0) is 11.3 Å². The van der Waals surface area contributed by atoms with Gasteiger partial charge in [-0.3, -0.25) is 14.3 Å². The lowest BCUT2D eigenvalue weighted by molar-refractivity contribution is -0.137. The minimum absolute atomic E-state index is 0.0522. The van der Waals surface area contributed by atoms with E-state index in [4.69, 9.17) is 5.11 Å². The fraction of sp³-hybridized carbons (Fsp3) is 0.615. The van der Waals surface area contributed by atoms with Crippen LogP contribution in [0.4, 0.5) is 0 Å². The maximum atomic E-state index is 12.3. The predicted molar refractivity (Wildman–Crippen MR) is 71.2 cm³/mol. The van der Waals surface area contributed by atoms with Gasteiger partial charge in [-0.25, -0.2) is 0 Å². The maximum Gasteiger partial charge on any atom is 0.305 e. The van der Waals surface area contributed by atoms with E-state index < -0.39 is 5.97 Å². The second-order valence-electron chi connectivity index (χ2n) is 4.64. The molecule has 1 rings (SSSR count). The molecule has 1 aromatic heterocycles. The van der Waals surface area contributed by atoms with E-state index in [1.54, 1.807) is 14.0 Å². The van der Waals surface area contributed by atoms with E-state index in [1.165, 1.54) is 4.90 Å². The smallest absolute Gasteiger partial charge is 0.305 e. The third-order valence-corrected chi connectivity index (χ3v) is 3.04. The van der Waals surface area contributed by atoms with Gasteiger partial charge in [0.15, 0.2) is 0 Å². The molecule has 0 aromatic carbocycles.